The van der Waals surface area contributed by atoms with E-state index < -0.39 is 0 Å². The van der Waals surface area contributed by atoms with Gasteiger partial charge in [0, 0.05) is 18.4 Å². The number of nitrogens with one attached hydrogen (secondary N) is 1. The van der Waals surface area contributed by atoms with Crippen LogP contribution in [0.5, 0.6) is 0 Å². The van der Waals surface area contributed by atoms with Crippen molar-refractivity contribution in [1.82, 2.24) is 5.43 Å². The van der Waals surface area contributed by atoms with E-state index in [0.29, 0.717) is 12.0 Å². The Kier molecular flexibility index (Phi) is 5.59. The number of thioether (sulfide) groups is 2. The average molecular weight is 317 g/mol. The van der Waals surface area contributed by atoms with Gasteiger partial charge in [0.2, 0.25) is 0 Å². The first kappa shape index (κ1) is 15.5. The molecule has 3 saturated heterocycles. The molecule has 0 bridgehead atoms. The fraction of sp³-hybridized carbons (Fsp3) is 1.00. The van der Waals surface area contributed by atoms with E-state index in [4.69, 9.17) is 10.6 Å². The van der Waals surface area contributed by atoms with E-state index in [1.807, 2.05) is 0 Å². The molecule has 3 atom stereocenters. The molecule has 0 aromatic heterocycles. The van der Waals surface area contributed by atoms with Crippen LogP contribution in [0.15, 0.2) is 0 Å². The fourth-order valence-electron chi connectivity index (χ4n) is 4.01. The smallest absolute Gasteiger partial charge is 0.0783 e. The van der Waals surface area contributed by atoms with Crippen molar-refractivity contribution in [2.45, 2.75) is 50.2 Å². The first-order valence-electron chi connectivity index (χ1n) is 8.07. The molecule has 0 aliphatic carbocycles. The fourth-order valence-corrected chi connectivity index (χ4v) is 6.59. The molecule has 0 amide bonds. The number of hydrogen-bond donors (Lipinski definition) is 2. The molecule has 3 rings (SSSR count). The van der Waals surface area contributed by atoms with E-state index in [9.17, 15) is 0 Å². The maximum atomic E-state index is 6.15. The Balaban J connectivity index is 1.57. The molecule has 1 spiro atoms. The van der Waals surface area contributed by atoms with Gasteiger partial charge < -0.3 is 4.74 Å². The van der Waals surface area contributed by atoms with Gasteiger partial charge in [-0.15, -0.1) is 0 Å². The van der Waals surface area contributed by atoms with E-state index in [1.54, 1.807) is 0 Å². The first-order valence-corrected chi connectivity index (χ1v) is 10.4. The van der Waals surface area contributed by atoms with Gasteiger partial charge in [-0.05, 0) is 67.6 Å². The predicted molar refractivity (Wildman–Crippen MR) is 89.1 cm³/mol. The zero-order valence-electron chi connectivity index (χ0n) is 12.3. The van der Waals surface area contributed by atoms with Gasteiger partial charge in [-0.1, -0.05) is 0 Å². The van der Waals surface area contributed by atoms with Crippen LogP contribution in [-0.2, 0) is 4.74 Å². The molecule has 3 unspecified atom stereocenters. The Morgan fingerprint density at radius 3 is 2.75 bits per heavy atom. The van der Waals surface area contributed by atoms with Crippen LogP contribution in [0.1, 0.15) is 38.5 Å². The number of hydrogen-bond acceptors (Lipinski definition) is 5. The van der Waals surface area contributed by atoms with E-state index in [1.165, 1.54) is 61.5 Å². The van der Waals surface area contributed by atoms with Crippen LogP contribution in [0.4, 0.5) is 0 Å². The van der Waals surface area contributed by atoms with Crippen LogP contribution in [0.3, 0.4) is 0 Å². The predicted octanol–water partition coefficient (Wildman–Crippen LogP) is 2.65. The highest BCUT2D eigenvalue weighted by Crippen LogP contribution is 2.42. The summed E-state index contributed by atoms with van der Waals surface area (Å²) in [5, 5.41) is 0. The SMILES string of the molecule is NNC(CC1CCSCC1)C1CCOC2(CCSC2)C1. The van der Waals surface area contributed by atoms with Crippen LogP contribution < -0.4 is 11.3 Å². The minimum Gasteiger partial charge on any atom is -0.374 e. The van der Waals surface area contributed by atoms with Crippen LogP contribution >= 0.6 is 23.5 Å². The molecule has 3 aliphatic rings. The molecular weight excluding hydrogens is 288 g/mol. The van der Waals surface area contributed by atoms with Crippen molar-refractivity contribution in [3.63, 3.8) is 0 Å². The van der Waals surface area contributed by atoms with Crippen molar-refractivity contribution in [2.75, 3.05) is 29.6 Å². The van der Waals surface area contributed by atoms with Gasteiger partial charge >= 0.3 is 0 Å². The summed E-state index contributed by atoms with van der Waals surface area (Å²) in [6.07, 6.45) is 7.68. The summed E-state index contributed by atoms with van der Waals surface area (Å²) in [6, 6.07) is 0.495. The van der Waals surface area contributed by atoms with Gasteiger partial charge in [0.25, 0.3) is 0 Å². The van der Waals surface area contributed by atoms with Crippen molar-refractivity contribution in [3.05, 3.63) is 0 Å². The van der Waals surface area contributed by atoms with Gasteiger partial charge in [-0.3, -0.25) is 11.3 Å². The van der Waals surface area contributed by atoms with Gasteiger partial charge in [0.1, 0.15) is 0 Å². The minimum atomic E-state index is 0.186. The molecule has 20 heavy (non-hydrogen) atoms. The highest BCUT2D eigenvalue weighted by atomic mass is 32.2. The molecule has 0 radical (unpaired) electrons. The quantitative estimate of drug-likeness (QED) is 0.617. The molecule has 3 aliphatic heterocycles. The van der Waals surface area contributed by atoms with Crippen molar-refractivity contribution < 1.29 is 4.74 Å². The van der Waals surface area contributed by atoms with Gasteiger partial charge in [-0.25, -0.2) is 0 Å². The monoisotopic (exact) mass is 316 g/mol. The Hall–Kier alpha value is 0.580. The maximum absolute atomic E-state index is 6.15. The molecule has 0 aromatic rings. The second-order valence-electron chi connectivity index (χ2n) is 6.65. The molecule has 0 saturated carbocycles. The summed E-state index contributed by atoms with van der Waals surface area (Å²) in [5.74, 6) is 12.7. The molecular formula is C15H28N2OS2. The minimum absolute atomic E-state index is 0.186. The van der Waals surface area contributed by atoms with Crippen LogP contribution in [0, 0.1) is 11.8 Å². The third-order valence-corrected chi connectivity index (χ3v) is 7.58. The Labute approximate surface area is 131 Å². The highest BCUT2D eigenvalue weighted by molar-refractivity contribution is 7.99. The van der Waals surface area contributed by atoms with Crippen LogP contribution in [0.25, 0.3) is 0 Å². The van der Waals surface area contributed by atoms with E-state index in [2.05, 4.69) is 28.9 Å². The third kappa shape index (κ3) is 3.67. The van der Waals surface area contributed by atoms with Crippen LogP contribution in [-0.4, -0.2) is 41.3 Å². The number of nitrogens with two attached hydrogens (primary N) is 1. The zero-order valence-corrected chi connectivity index (χ0v) is 13.9. The third-order valence-electron chi connectivity index (χ3n) is 5.31. The molecule has 0 aromatic carbocycles. The molecule has 116 valence electrons. The van der Waals surface area contributed by atoms with Gasteiger partial charge in [0.15, 0.2) is 0 Å². The normalized spacial score (nSPS) is 37.4. The van der Waals surface area contributed by atoms with Crippen LogP contribution in [0.2, 0.25) is 0 Å². The van der Waals surface area contributed by atoms with Gasteiger partial charge in [0.05, 0.1) is 5.60 Å². The van der Waals surface area contributed by atoms with Crippen molar-refractivity contribution in [2.24, 2.45) is 17.7 Å². The Morgan fingerprint density at radius 1 is 1.20 bits per heavy atom. The summed E-state index contributed by atoms with van der Waals surface area (Å²) in [5.41, 5.74) is 3.34. The van der Waals surface area contributed by atoms with E-state index in [0.717, 1.165) is 12.5 Å². The lowest BCUT2D eigenvalue weighted by atomic mass is 9.78. The molecule has 3 heterocycles. The van der Waals surface area contributed by atoms with Crippen molar-refractivity contribution >= 4 is 23.5 Å². The number of hydrazine groups is 1. The molecule has 3 fully saturated rings. The summed E-state index contributed by atoms with van der Waals surface area (Å²) < 4.78 is 6.15. The van der Waals surface area contributed by atoms with E-state index >= 15 is 0 Å². The summed E-state index contributed by atoms with van der Waals surface area (Å²) in [6.45, 7) is 0.934. The number of ether oxygens (including phenoxy) is 1. The molecule has 5 heteroatoms. The molecule has 3 nitrogen and oxygen atoms in total. The van der Waals surface area contributed by atoms with E-state index in [-0.39, 0.29) is 5.60 Å². The summed E-state index contributed by atoms with van der Waals surface area (Å²) in [4.78, 5) is 0. The largest absolute Gasteiger partial charge is 0.374 e. The Morgan fingerprint density at radius 2 is 2.05 bits per heavy atom. The zero-order chi connectivity index (χ0) is 13.8. The van der Waals surface area contributed by atoms with Crippen molar-refractivity contribution in [1.29, 1.82) is 0 Å². The molecule has 3 N–H and O–H groups in total. The van der Waals surface area contributed by atoms with Crippen molar-refractivity contribution in [3.8, 4) is 0 Å². The average Bonchev–Trinajstić information content (AvgIpc) is 2.93. The lowest BCUT2D eigenvalue weighted by Gasteiger charge is -2.41. The summed E-state index contributed by atoms with van der Waals surface area (Å²) in [7, 11) is 0. The maximum Gasteiger partial charge on any atom is 0.0783 e. The number of rotatable bonds is 4. The standard InChI is InChI=1S/C15H28N2OS2/c16-17-14(9-12-2-6-19-7-3-12)13-1-5-18-15(10-13)4-8-20-11-15/h12-14,17H,1-11,16H2. The highest BCUT2D eigenvalue weighted by Gasteiger charge is 2.42. The first-order chi connectivity index (χ1) is 9.81. The Bertz CT molecular complexity index is 304. The second kappa shape index (κ2) is 7.23. The van der Waals surface area contributed by atoms with Gasteiger partial charge in [-0.2, -0.15) is 23.5 Å². The topological polar surface area (TPSA) is 47.3 Å². The lowest BCUT2D eigenvalue weighted by Crippen LogP contribution is -2.49. The lowest BCUT2D eigenvalue weighted by molar-refractivity contribution is -0.0863. The summed E-state index contributed by atoms with van der Waals surface area (Å²) >= 11 is 4.17. The second-order valence-corrected chi connectivity index (χ2v) is 8.98.